The maximum atomic E-state index is 13.7. The van der Waals surface area contributed by atoms with Gasteiger partial charge in [0.05, 0.1) is 25.9 Å². The van der Waals surface area contributed by atoms with Gasteiger partial charge >= 0.3 is 0 Å². The molecule has 3 aliphatic rings. The van der Waals surface area contributed by atoms with Gasteiger partial charge in [0.1, 0.15) is 17.7 Å². The van der Waals surface area contributed by atoms with E-state index in [1.54, 1.807) is 26.0 Å². The number of carbonyl (C=O) groups is 4. The first-order chi connectivity index (χ1) is 20.0. The Morgan fingerprint density at radius 1 is 1.00 bits per heavy atom. The SMILES string of the molecule is COc1ccc(CC(NC(=O)C(C)NC(=O)C2CCC(O)CC2)C(=O)NC(CC2CCCC2)C(=O)C2(C)CO2)cc1O. The molecule has 0 bridgehead atoms. The number of Topliss-reactive ketones (excluding diaryl/α,β-unsaturated/α-hetero) is 1. The van der Waals surface area contributed by atoms with Gasteiger partial charge in [-0.15, -0.1) is 0 Å². The van der Waals surface area contributed by atoms with Crippen molar-refractivity contribution in [3.05, 3.63) is 23.8 Å². The molecule has 4 unspecified atom stereocenters. The summed E-state index contributed by atoms with van der Waals surface area (Å²) < 4.78 is 10.5. The molecule has 1 aromatic carbocycles. The number of nitrogens with one attached hydrogen (secondary N) is 3. The summed E-state index contributed by atoms with van der Waals surface area (Å²) in [4.78, 5) is 53.1. The van der Waals surface area contributed by atoms with Crippen LogP contribution in [0.2, 0.25) is 0 Å². The number of rotatable bonds is 13. The Bertz CT molecular complexity index is 1140. The van der Waals surface area contributed by atoms with E-state index in [2.05, 4.69) is 16.0 Å². The normalized spacial score (nSPS) is 26.0. The summed E-state index contributed by atoms with van der Waals surface area (Å²) in [6.07, 6.45) is 6.52. The van der Waals surface area contributed by atoms with Crippen LogP contribution in [0.1, 0.15) is 77.2 Å². The monoisotopic (exact) mass is 587 g/mol. The number of methoxy groups -OCH3 is 1. The van der Waals surface area contributed by atoms with E-state index in [0.717, 1.165) is 25.7 Å². The molecule has 42 heavy (non-hydrogen) atoms. The van der Waals surface area contributed by atoms with E-state index in [9.17, 15) is 29.4 Å². The summed E-state index contributed by atoms with van der Waals surface area (Å²) in [5, 5.41) is 28.4. The van der Waals surface area contributed by atoms with Gasteiger partial charge in [-0.3, -0.25) is 19.2 Å². The lowest BCUT2D eigenvalue weighted by Crippen LogP contribution is -2.57. The van der Waals surface area contributed by atoms with E-state index in [4.69, 9.17) is 9.47 Å². The van der Waals surface area contributed by atoms with Gasteiger partial charge in [-0.25, -0.2) is 0 Å². The van der Waals surface area contributed by atoms with Gasteiger partial charge in [0.25, 0.3) is 0 Å². The smallest absolute Gasteiger partial charge is 0.243 e. The highest BCUT2D eigenvalue weighted by atomic mass is 16.6. The summed E-state index contributed by atoms with van der Waals surface area (Å²) in [5.41, 5.74) is -0.340. The molecule has 11 nitrogen and oxygen atoms in total. The number of epoxide rings is 1. The Kier molecular flexibility index (Phi) is 10.5. The fraction of sp³-hybridized carbons (Fsp3) is 0.677. The van der Waals surface area contributed by atoms with Gasteiger partial charge < -0.3 is 35.6 Å². The van der Waals surface area contributed by atoms with Crippen molar-refractivity contribution in [2.75, 3.05) is 13.7 Å². The second-order valence-electron chi connectivity index (χ2n) is 12.3. The third kappa shape index (κ3) is 8.22. The van der Waals surface area contributed by atoms with E-state index in [0.29, 0.717) is 50.2 Å². The van der Waals surface area contributed by atoms with Crippen LogP contribution in [0, 0.1) is 11.8 Å². The zero-order chi connectivity index (χ0) is 30.4. The van der Waals surface area contributed by atoms with Gasteiger partial charge in [0, 0.05) is 12.3 Å². The average molecular weight is 588 g/mol. The summed E-state index contributed by atoms with van der Waals surface area (Å²) in [7, 11) is 1.43. The highest BCUT2D eigenvalue weighted by Gasteiger charge is 2.50. The summed E-state index contributed by atoms with van der Waals surface area (Å²) in [6.45, 7) is 3.59. The maximum absolute atomic E-state index is 13.7. The van der Waals surface area contributed by atoms with E-state index >= 15 is 0 Å². The van der Waals surface area contributed by atoms with E-state index in [-0.39, 0.29) is 35.5 Å². The van der Waals surface area contributed by atoms with E-state index < -0.39 is 41.6 Å². The minimum Gasteiger partial charge on any atom is -0.504 e. The van der Waals surface area contributed by atoms with E-state index in [1.165, 1.54) is 13.2 Å². The molecule has 4 atom stereocenters. The van der Waals surface area contributed by atoms with Crippen LogP contribution >= 0.6 is 0 Å². The highest BCUT2D eigenvalue weighted by Crippen LogP contribution is 2.34. The van der Waals surface area contributed by atoms with Crippen LogP contribution in [-0.4, -0.2) is 77.3 Å². The van der Waals surface area contributed by atoms with Crippen molar-refractivity contribution in [1.29, 1.82) is 0 Å². The first kappa shape index (κ1) is 31.7. The van der Waals surface area contributed by atoms with Crippen molar-refractivity contribution in [2.45, 2.75) is 108 Å². The minimum atomic E-state index is -1.08. The topological polar surface area (TPSA) is 167 Å². The zero-order valence-electron chi connectivity index (χ0n) is 24.8. The molecule has 4 rings (SSSR count). The van der Waals surface area contributed by atoms with Crippen molar-refractivity contribution in [2.24, 2.45) is 11.8 Å². The lowest BCUT2D eigenvalue weighted by atomic mass is 9.87. The average Bonchev–Trinajstić information content (AvgIpc) is 3.50. The molecule has 0 spiro atoms. The van der Waals surface area contributed by atoms with Crippen molar-refractivity contribution < 1.29 is 38.9 Å². The predicted molar refractivity (Wildman–Crippen MR) is 154 cm³/mol. The van der Waals surface area contributed by atoms with Gasteiger partial charge in [-0.2, -0.15) is 0 Å². The second kappa shape index (κ2) is 13.9. The maximum Gasteiger partial charge on any atom is 0.243 e. The molecule has 11 heteroatoms. The lowest BCUT2D eigenvalue weighted by Gasteiger charge is -2.28. The molecule has 1 saturated heterocycles. The Labute approximate surface area is 247 Å². The number of carbonyl (C=O) groups excluding carboxylic acids is 4. The predicted octanol–water partition coefficient (Wildman–Crippen LogP) is 1.91. The number of aliphatic hydroxyl groups excluding tert-OH is 1. The third-order valence-corrected chi connectivity index (χ3v) is 8.91. The molecule has 232 valence electrons. The van der Waals surface area contributed by atoms with Crippen LogP contribution in [0.4, 0.5) is 0 Å². The number of ketones is 1. The molecule has 3 fully saturated rings. The number of phenolic OH excluding ortho intramolecular Hbond substituents is 1. The molecular weight excluding hydrogens is 542 g/mol. The molecule has 5 N–H and O–H groups in total. The van der Waals surface area contributed by atoms with Crippen molar-refractivity contribution >= 4 is 23.5 Å². The number of hydrogen-bond acceptors (Lipinski definition) is 8. The highest BCUT2D eigenvalue weighted by molar-refractivity contribution is 5.98. The van der Waals surface area contributed by atoms with Gasteiger partial charge in [-0.1, -0.05) is 31.7 Å². The lowest BCUT2D eigenvalue weighted by molar-refractivity contribution is -0.135. The van der Waals surface area contributed by atoms with Crippen molar-refractivity contribution in [3.8, 4) is 11.5 Å². The Morgan fingerprint density at radius 3 is 2.24 bits per heavy atom. The Balaban J connectivity index is 1.47. The molecule has 2 aliphatic carbocycles. The molecule has 1 aromatic rings. The van der Waals surface area contributed by atoms with Crippen LogP contribution in [0.3, 0.4) is 0 Å². The standard InChI is InChI=1S/C31H45N3O8/c1-18(32-29(39)21-9-11-22(35)12-10-21)28(38)34-24(15-20-8-13-26(41-3)25(36)16-20)30(40)33-23(14-19-6-4-5-7-19)27(37)31(2)17-42-31/h8,13,16,18-19,21-24,35-36H,4-7,9-12,14-15,17H2,1-3H3,(H,32,39)(H,33,40)(H,34,38). The Hall–Kier alpha value is -3.18. The quantitative estimate of drug-likeness (QED) is 0.218. The van der Waals surface area contributed by atoms with Crippen molar-refractivity contribution in [1.82, 2.24) is 16.0 Å². The first-order valence-electron chi connectivity index (χ1n) is 15.1. The minimum absolute atomic E-state index is 0.0361. The number of phenols is 1. The number of ether oxygens (including phenoxy) is 2. The van der Waals surface area contributed by atoms with Crippen molar-refractivity contribution in [3.63, 3.8) is 0 Å². The van der Waals surface area contributed by atoms with Crippen LogP contribution in [0.5, 0.6) is 11.5 Å². The molecule has 3 amide bonds. The van der Waals surface area contributed by atoms with Crippen LogP contribution < -0.4 is 20.7 Å². The van der Waals surface area contributed by atoms with Gasteiger partial charge in [0.2, 0.25) is 17.7 Å². The number of aromatic hydroxyl groups is 1. The van der Waals surface area contributed by atoms with Gasteiger partial charge in [-0.05, 0) is 69.6 Å². The number of aliphatic hydroxyl groups is 1. The third-order valence-electron chi connectivity index (χ3n) is 8.91. The zero-order valence-corrected chi connectivity index (χ0v) is 24.8. The number of hydrogen-bond donors (Lipinski definition) is 5. The summed E-state index contributed by atoms with van der Waals surface area (Å²) in [6, 6.07) is 1.97. The second-order valence-corrected chi connectivity index (χ2v) is 12.3. The Morgan fingerprint density at radius 2 is 1.64 bits per heavy atom. The molecule has 2 saturated carbocycles. The fourth-order valence-electron chi connectivity index (χ4n) is 6.04. The number of amides is 3. The summed E-state index contributed by atoms with van der Waals surface area (Å²) in [5.74, 6) is -1.30. The largest absolute Gasteiger partial charge is 0.504 e. The number of benzene rings is 1. The fourth-order valence-corrected chi connectivity index (χ4v) is 6.04. The molecule has 0 aromatic heterocycles. The molecule has 1 heterocycles. The molecule has 0 radical (unpaired) electrons. The molecular formula is C31H45N3O8. The van der Waals surface area contributed by atoms with Gasteiger partial charge in [0.15, 0.2) is 17.3 Å². The van der Waals surface area contributed by atoms with E-state index in [1.807, 2.05) is 0 Å². The van der Waals surface area contributed by atoms with Crippen LogP contribution in [0.25, 0.3) is 0 Å². The first-order valence-corrected chi connectivity index (χ1v) is 15.1. The van der Waals surface area contributed by atoms with Crippen LogP contribution in [0.15, 0.2) is 18.2 Å². The molecule has 1 aliphatic heterocycles. The van der Waals surface area contributed by atoms with Crippen LogP contribution in [-0.2, 0) is 30.3 Å². The summed E-state index contributed by atoms with van der Waals surface area (Å²) >= 11 is 0.